The van der Waals surface area contributed by atoms with Crippen molar-refractivity contribution >= 4 is 16.9 Å². The van der Waals surface area contributed by atoms with Crippen molar-refractivity contribution in [3.8, 4) is 5.75 Å². The highest BCUT2D eigenvalue weighted by atomic mass is 16.5. The molecule has 0 spiro atoms. The van der Waals surface area contributed by atoms with Gasteiger partial charge in [-0.3, -0.25) is 4.79 Å². The van der Waals surface area contributed by atoms with Gasteiger partial charge in [-0.05, 0) is 43.4 Å². The Bertz CT molecular complexity index is 770. The molecule has 0 unspecified atom stereocenters. The van der Waals surface area contributed by atoms with E-state index in [9.17, 15) is 9.59 Å². The van der Waals surface area contributed by atoms with E-state index in [1.165, 1.54) is 6.07 Å². The molecular formula is C17H16O4. The van der Waals surface area contributed by atoms with Crippen LogP contribution < -0.4 is 10.4 Å². The summed E-state index contributed by atoms with van der Waals surface area (Å²) in [6, 6.07) is 6.55. The molecule has 21 heavy (non-hydrogen) atoms. The molecule has 2 aromatic rings. The van der Waals surface area contributed by atoms with Crippen molar-refractivity contribution in [3.63, 3.8) is 0 Å². The molecule has 1 heterocycles. The zero-order valence-electron chi connectivity index (χ0n) is 11.8. The van der Waals surface area contributed by atoms with Crippen LogP contribution in [0.1, 0.15) is 24.8 Å². The Labute approximate surface area is 122 Å². The summed E-state index contributed by atoms with van der Waals surface area (Å²) in [7, 11) is 0. The quantitative estimate of drug-likeness (QED) is 0.375. The summed E-state index contributed by atoms with van der Waals surface area (Å²) in [5, 5.41) is 0.841. The molecule has 4 nitrogen and oxygen atoms in total. The minimum absolute atomic E-state index is 0.263. The number of esters is 1. The first kappa shape index (κ1) is 13.6. The zero-order valence-corrected chi connectivity index (χ0v) is 11.8. The molecule has 1 aromatic heterocycles. The molecule has 3 rings (SSSR count). The van der Waals surface area contributed by atoms with Gasteiger partial charge < -0.3 is 9.15 Å². The Morgan fingerprint density at radius 1 is 1.38 bits per heavy atom. The third-order valence-corrected chi connectivity index (χ3v) is 3.70. The van der Waals surface area contributed by atoms with Crippen LogP contribution in [0.4, 0.5) is 0 Å². The second kappa shape index (κ2) is 5.56. The molecule has 4 heteroatoms. The molecule has 0 saturated carbocycles. The average Bonchev–Trinajstić information content (AvgIpc) is 2.90. The van der Waals surface area contributed by atoms with Crippen LogP contribution in [-0.4, -0.2) is 5.97 Å². The van der Waals surface area contributed by atoms with E-state index in [1.54, 1.807) is 18.2 Å². The molecule has 0 bridgehead atoms. The van der Waals surface area contributed by atoms with Crippen LogP contribution in [0.2, 0.25) is 0 Å². The highest BCUT2D eigenvalue weighted by molar-refractivity contribution is 5.82. The molecule has 0 aliphatic heterocycles. The first-order chi connectivity index (χ1) is 10.1. The van der Waals surface area contributed by atoms with Crippen molar-refractivity contribution in [1.29, 1.82) is 0 Å². The number of rotatable bonds is 3. The maximum Gasteiger partial charge on any atom is 0.336 e. The predicted octanol–water partition coefficient (Wildman–Crippen LogP) is 3.36. The lowest BCUT2D eigenvalue weighted by Gasteiger charge is -2.08. The van der Waals surface area contributed by atoms with Crippen molar-refractivity contribution in [3.05, 3.63) is 52.4 Å². The standard InChI is InChI=1S/C17H16O4/c1-11-8-16(18)21-15-10-13(6-7-14(11)15)20-17(19)9-12-4-2-3-5-12/h2,4,6-8,10,12H,3,5,9H2,1H3/t12-/m1/s1. The van der Waals surface area contributed by atoms with Gasteiger partial charge in [0.2, 0.25) is 0 Å². The summed E-state index contributed by atoms with van der Waals surface area (Å²) in [6.45, 7) is 1.84. The Hall–Kier alpha value is -2.36. The van der Waals surface area contributed by atoms with Gasteiger partial charge in [-0.2, -0.15) is 0 Å². The predicted molar refractivity (Wildman–Crippen MR) is 79.3 cm³/mol. The second-order valence-corrected chi connectivity index (χ2v) is 5.35. The van der Waals surface area contributed by atoms with Crippen molar-refractivity contribution in [2.45, 2.75) is 26.2 Å². The summed E-state index contributed by atoms with van der Waals surface area (Å²) >= 11 is 0. The minimum atomic E-state index is -0.403. The first-order valence-corrected chi connectivity index (χ1v) is 7.04. The van der Waals surface area contributed by atoms with E-state index in [0.29, 0.717) is 17.8 Å². The number of allylic oxidation sites excluding steroid dienone is 2. The van der Waals surface area contributed by atoms with Crippen LogP contribution in [0.25, 0.3) is 11.0 Å². The Morgan fingerprint density at radius 2 is 2.24 bits per heavy atom. The highest BCUT2D eigenvalue weighted by Gasteiger charge is 2.16. The van der Waals surface area contributed by atoms with E-state index >= 15 is 0 Å². The van der Waals surface area contributed by atoms with Gasteiger partial charge in [0.05, 0.1) is 6.42 Å². The van der Waals surface area contributed by atoms with E-state index in [1.807, 2.05) is 6.92 Å². The normalized spacial score (nSPS) is 17.3. The molecule has 0 N–H and O–H groups in total. The first-order valence-electron chi connectivity index (χ1n) is 7.04. The molecule has 0 radical (unpaired) electrons. The van der Waals surface area contributed by atoms with Gasteiger partial charge in [0, 0.05) is 17.5 Å². The van der Waals surface area contributed by atoms with Gasteiger partial charge in [0.1, 0.15) is 11.3 Å². The summed E-state index contributed by atoms with van der Waals surface area (Å²) in [5.74, 6) is 0.419. The van der Waals surface area contributed by atoms with Crippen molar-refractivity contribution in [2.24, 2.45) is 5.92 Å². The van der Waals surface area contributed by atoms with Gasteiger partial charge >= 0.3 is 11.6 Å². The van der Waals surface area contributed by atoms with Gasteiger partial charge in [0.15, 0.2) is 0 Å². The Balaban J connectivity index is 1.79. The summed E-state index contributed by atoms with van der Waals surface area (Å²) in [6.07, 6.45) is 6.56. The molecule has 108 valence electrons. The van der Waals surface area contributed by atoms with Crippen molar-refractivity contribution in [2.75, 3.05) is 0 Å². The number of benzene rings is 1. The fourth-order valence-electron chi connectivity index (χ4n) is 2.62. The number of hydrogen-bond acceptors (Lipinski definition) is 4. The SMILES string of the molecule is Cc1cc(=O)oc2cc(OC(=O)C[C@@H]3C=CCC3)ccc12. The molecule has 1 aliphatic carbocycles. The Kier molecular flexibility index (Phi) is 3.60. The molecule has 0 amide bonds. The van der Waals surface area contributed by atoms with E-state index in [0.717, 1.165) is 23.8 Å². The van der Waals surface area contributed by atoms with E-state index in [-0.39, 0.29) is 11.9 Å². The number of ether oxygens (including phenoxy) is 1. The molecule has 1 aromatic carbocycles. The van der Waals surface area contributed by atoms with Gasteiger partial charge in [-0.25, -0.2) is 4.79 Å². The topological polar surface area (TPSA) is 56.5 Å². The van der Waals surface area contributed by atoms with Crippen molar-refractivity contribution < 1.29 is 13.9 Å². The maximum absolute atomic E-state index is 11.9. The third kappa shape index (κ3) is 3.05. The fourth-order valence-corrected chi connectivity index (χ4v) is 2.62. The van der Waals surface area contributed by atoms with Crippen LogP contribution >= 0.6 is 0 Å². The third-order valence-electron chi connectivity index (χ3n) is 3.70. The highest BCUT2D eigenvalue weighted by Crippen LogP contribution is 2.24. The van der Waals surface area contributed by atoms with Gasteiger partial charge in [-0.1, -0.05) is 12.2 Å². The van der Waals surface area contributed by atoms with E-state index in [2.05, 4.69) is 12.2 Å². The summed E-state index contributed by atoms with van der Waals surface area (Å²) in [4.78, 5) is 23.3. The number of hydrogen-bond donors (Lipinski definition) is 0. The molecule has 0 fully saturated rings. The molecular weight excluding hydrogens is 268 g/mol. The summed E-state index contributed by atoms with van der Waals surface area (Å²) in [5.41, 5.74) is 0.876. The average molecular weight is 284 g/mol. The number of carbonyl (C=O) groups excluding carboxylic acids is 1. The lowest BCUT2D eigenvalue weighted by Crippen LogP contribution is -2.12. The van der Waals surface area contributed by atoms with E-state index < -0.39 is 5.63 Å². The van der Waals surface area contributed by atoms with Crippen LogP contribution in [0.5, 0.6) is 5.75 Å². The molecule has 1 aliphatic rings. The zero-order chi connectivity index (χ0) is 14.8. The van der Waals surface area contributed by atoms with Crippen molar-refractivity contribution in [1.82, 2.24) is 0 Å². The lowest BCUT2D eigenvalue weighted by molar-refractivity contribution is -0.135. The maximum atomic E-state index is 11.9. The van der Waals surface area contributed by atoms with Crippen LogP contribution in [0, 0.1) is 12.8 Å². The van der Waals surface area contributed by atoms with Crippen LogP contribution in [-0.2, 0) is 4.79 Å². The summed E-state index contributed by atoms with van der Waals surface area (Å²) < 4.78 is 10.5. The second-order valence-electron chi connectivity index (χ2n) is 5.35. The molecule has 0 saturated heterocycles. The van der Waals surface area contributed by atoms with Crippen LogP contribution in [0.15, 0.2) is 45.6 Å². The number of fused-ring (bicyclic) bond motifs is 1. The smallest absolute Gasteiger partial charge is 0.336 e. The van der Waals surface area contributed by atoms with Gasteiger partial charge in [0.25, 0.3) is 0 Å². The Morgan fingerprint density at radius 3 is 3.00 bits per heavy atom. The molecule has 1 atom stereocenters. The fraction of sp³-hybridized carbons (Fsp3) is 0.294. The van der Waals surface area contributed by atoms with Gasteiger partial charge in [-0.15, -0.1) is 0 Å². The number of aryl methyl sites for hydroxylation is 1. The lowest BCUT2D eigenvalue weighted by atomic mass is 10.1. The number of carbonyl (C=O) groups is 1. The monoisotopic (exact) mass is 284 g/mol. The van der Waals surface area contributed by atoms with Crippen LogP contribution in [0.3, 0.4) is 0 Å². The van der Waals surface area contributed by atoms with E-state index in [4.69, 9.17) is 9.15 Å². The minimum Gasteiger partial charge on any atom is -0.426 e. The largest absolute Gasteiger partial charge is 0.426 e.